The van der Waals surface area contributed by atoms with Gasteiger partial charge < -0.3 is 15.4 Å². The van der Waals surface area contributed by atoms with E-state index in [4.69, 9.17) is 10.5 Å². The lowest BCUT2D eigenvalue weighted by atomic mass is 10.1. The molecule has 0 saturated heterocycles. The van der Waals surface area contributed by atoms with Crippen LogP contribution in [0.2, 0.25) is 0 Å². The molecular formula is C16H25FN2O2. The van der Waals surface area contributed by atoms with Gasteiger partial charge in [0.05, 0.1) is 17.9 Å². The van der Waals surface area contributed by atoms with E-state index in [0.717, 1.165) is 13.0 Å². The van der Waals surface area contributed by atoms with Crippen LogP contribution in [0, 0.1) is 11.7 Å². The molecule has 0 fully saturated rings. The number of nitrogens with zero attached hydrogens (tertiary/aromatic N) is 1. The third kappa shape index (κ3) is 4.34. The van der Waals surface area contributed by atoms with Crippen LogP contribution in [0.1, 0.15) is 44.5 Å². The van der Waals surface area contributed by atoms with Crippen molar-refractivity contribution in [1.29, 1.82) is 0 Å². The third-order valence-corrected chi connectivity index (χ3v) is 3.57. The van der Waals surface area contributed by atoms with E-state index in [1.165, 1.54) is 12.1 Å². The molecule has 0 aromatic heterocycles. The van der Waals surface area contributed by atoms with Gasteiger partial charge in [0.25, 0.3) is 0 Å². The second kappa shape index (κ2) is 7.86. The molecule has 0 aliphatic heterocycles. The number of nitrogen functional groups attached to an aromatic ring is 1. The van der Waals surface area contributed by atoms with Gasteiger partial charge in [-0.15, -0.1) is 0 Å². The zero-order valence-corrected chi connectivity index (χ0v) is 13.3. The number of benzene rings is 1. The molecule has 118 valence electrons. The van der Waals surface area contributed by atoms with Crippen LogP contribution >= 0.6 is 0 Å². The van der Waals surface area contributed by atoms with E-state index in [-0.39, 0.29) is 17.9 Å². The second-order valence-electron chi connectivity index (χ2n) is 5.16. The SMILES string of the molecule is CCOC(=O)c1cc(N(CC)CC(C)CC)c(F)cc1N. The van der Waals surface area contributed by atoms with E-state index >= 15 is 0 Å². The molecule has 1 atom stereocenters. The molecule has 4 nitrogen and oxygen atoms in total. The maximum Gasteiger partial charge on any atom is 0.340 e. The highest BCUT2D eigenvalue weighted by Gasteiger charge is 2.19. The lowest BCUT2D eigenvalue weighted by Crippen LogP contribution is -2.29. The van der Waals surface area contributed by atoms with Crippen LogP contribution in [-0.4, -0.2) is 25.7 Å². The first kappa shape index (κ1) is 17.3. The minimum absolute atomic E-state index is 0.106. The first-order valence-corrected chi connectivity index (χ1v) is 7.45. The molecule has 1 rings (SSSR count). The average molecular weight is 296 g/mol. The van der Waals surface area contributed by atoms with E-state index in [0.29, 0.717) is 18.2 Å². The highest BCUT2D eigenvalue weighted by Crippen LogP contribution is 2.27. The fourth-order valence-electron chi connectivity index (χ4n) is 2.11. The van der Waals surface area contributed by atoms with Crippen molar-refractivity contribution in [3.63, 3.8) is 0 Å². The predicted molar refractivity (Wildman–Crippen MR) is 84.1 cm³/mol. The van der Waals surface area contributed by atoms with Gasteiger partial charge >= 0.3 is 5.97 Å². The Morgan fingerprint density at radius 2 is 2.05 bits per heavy atom. The van der Waals surface area contributed by atoms with Crippen molar-refractivity contribution < 1.29 is 13.9 Å². The Balaban J connectivity index is 3.15. The van der Waals surface area contributed by atoms with Crippen molar-refractivity contribution in [3.05, 3.63) is 23.5 Å². The molecule has 0 amide bonds. The highest BCUT2D eigenvalue weighted by atomic mass is 19.1. The Morgan fingerprint density at radius 1 is 1.38 bits per heavy atom. The van der Waals surface area contributed by atoms with E-state index < -0.39 is 11.8 Å². The monoisotopic (exact) mass is 296 g/mol. The van der Waals surface area contributed by atoms with E-state index in [1.807, 2.05) is 11.8 Å². The zero-order valence-electron chi connectivity index (χ0n) is 13.3. The molecule has 2 N–H and O–H groups in total. The number of carbonyl (C=O) groups excluding carboxylic acids is 1. The van der Waals surface area contributed by atoms with Gasteiger partial charge in [-0.2, -0.15) is 0 Å². The van der Waals surface area contributed by atoms with Crippen LogP contribution in [0.15, 0.2) is 12.1 Å². The summed E-state index contributed by atoms with van der Waals surface area (Å²) in [4.78, 5) is 13.8. The summed E-state index contributed by atoms with van der Waals surface area (Å²) < 4.78 is 19.2. The van der Waals surface area contributed by atoms with Gasteiger partial charge in [0.15, 0.2) is 0 Å². The normalized spacial score (nSPS) is 12.0. The Kier molecular flexibility index (Phi) is 6.46. The predicted octanol–water partition coefficient (Wildman–Crippen LogP) is 3.46. The average Bonchev–Trinajstić information content (AvgIpc) is 2.45. The number of hydrogen-bond donors (Lipinski definition) is 1. The van der Waals surface area contributed by atoms with Gasteiger partial charge in [-0.05, 0) is 31.9 Å². The topological polar surface area (TPSA) is 55.6 Å². The van der Waals surface area contributed by atoms with Crippen LogP contribution in [0.3, 0.4) is 0 Å². The fourth-order valence-corrected chi connectivity index (χ4v) is 2.11. The van der Waals surface area contributed by atoms with E-state index in [9.17, 15) is 9.18 Å². The summed E-state index contributed by atoms with van der Waals surface area (Å²) in [6.07, 6.45) is 1.01. The number of nitrogens with two attached hydrogens (primary N) is 1. The van der Waals surface area contributed by atoms with Gasteiger partial charge in [-0.1, -0.05) is 20.3 Å². The molecule has 21 heavy (non-hydrogen) atoms. The first-order valence-electron chi connectivity index (χ1n) is 7.45. The number of esters is 1. The van der Waals surface area contributed by atoms with Crippen molar-refractivity contribution in [1.82, 2.24) is 0 Å². The largest absolute Gasteiger partial charge is 0.462 e. The highest BCUT2D eigenvalue weighted by molar-refractivity contribution is 5.96. The van der Waals surface area contributed by atoms with Gasteiger partial charge in [0.2, 0.25) is 0 Å². The van der Waals surface area contributed by atoms with Gasteiger partial charge in [-0.3, -0.25) is 0 Å². The smallest absolute Gasteiger partial charge is 0.340 e. The minimum Gasteiger partial charge on any atom is -0.462 e. The van der Waals surface area contributed by atoms with Crippen LogP contribution in [-0.2, 0) is 4.74 Å². The minimum atomic E-state index is -0.518. The number of hydrogen-bond acceptors (Lipinski definition) is 4. The van der Waals surface area contributed by atoms with Crippen LogP contribution in [0.5, 0.6) is 0 Å². The van der Waals surface area contributed by atoms with Crippen LogP contribution in [0.25, 0.3) is 0 Å². The van der Waals surface area contributed by atoms with Crippen molar-refractivity contribution in [2.45, 2.75) is 34.1 Å². The number of carbonyl (C=O) groups is 1. The van der Waals surface area contributed by atoms with Crippen LogP contribution in [0.4, 0.5) is 15.8 Å². The summed E-state index contributed by atoms with van der Waals surface area (Å²) in [6.45, 7) is 9.55. The Bertz CT molecular complexity index is 491. The lowest BCUT2D eigenvalue weighted by Gasteiger charge is -2.27. The summed E-state index contributed by atoms with van der Waals surface area (Å²) in [5.74, 6) is -0.491. The second-order valence-corrected chi connectivity index (χ2v) is 5.16. The molecule has 1 aromatic carbocycles. The molecule has 0 heterocycles. The standard InChI is InChI=1S/C16H25FN2O2/c1-5-11(4)10-19(6-2)15-8-12(16(20)21-7-3)14(18)9-13(15)17/h8-9,11H,5-7,10,18H2,1-4H3. The quantitative estimate of drug-likeness (QED) is 0.618. The van der Waals surface area contributed by atoms with Gasteiger partial charge in [-0.25, -0.2) is 9.18 Å². The van der Waals surface area contributed by atoms with Crippen molar-refractivity contribution in [3.8, 4) is 0 Å². The summed E-state index contributed by atoms with van der Waals surface area (Å²) >= 11 is 0. The number of halogens is 1. The Morgan fingerprint density at radius 3 is 2.57 bits per heavy atom. The van der Waals surface area contributed by atoms with Gasteiger partial charge in [0, 0.05) is 18.8 Å². The van der Waals surface area contributed by atoms with Crippen molar-refractivity contribution >= 4 is 17.3 Å². The van der Waals surface area contributed by atoms with Crippen LogP contribution < -0.4 is 10.6 Å². The summed E-state index contributed by atoms with van der Waals surface area (Å²) in [7, 11) is 0. The first-order chi connectivity index (χ1) is 9.94. The summed E-state index contributed by atoms with van der Waals surface area (Å²) in [5, 5.41) is 0. The van der Waals surface area contributed by atoms with Crippen molar-refractivity contribution in [2.24, 2.45) is 5.92 Å². The van der Waals surface area contributed by atoms with Crippen molar-refractivity contribution in [2.75, 3.05) is 30.3 Å². The number of ether oxygens (including phenoxy) is 1. The maximum atomic E-state index is 14.2. The Labute approximate surface area is 126 Å². The molecule has 0 radical (unpaired) electrons. The van der Waals surface area contributed by atoms with E-state index in [2.05, 4.69) is 13.8 Å². The third-order valence-electron chi connectivity index (χ3n) is 3.57. The molecule has 0 aliphatic rings. The summed E-state index contributed by atoms with van der Waals surface area (Å²) in [5.41, 5.74) is 6.45. The molecule has 0 bridgehead atoms. The zero-order chi connectivity index (χ0) is 16.0. The molecule has 0 spiro atoms. The fraction of sp³-hybridized carbons (Fsp3) is 0.562. The molecule has 5 heteroatoms. The van der Waals surface area contributed by atoms with E-state index in [1.54, 1.807) is 6.92 Å². The molecule has 0 saturated carbocycles. The molecule has 0 aliphatic carbocycles. The number of anilines is 2. The lowest BCUT2D eigenvalue weighted by molar-refractivity contribution is 0.0527. The molecular weight excluding hydrogens is 271 g/mol. The maximum absolute atomic E-state index is 14.2. The Hall–Kier alpha value is -1.78. The molecule has 1 unspecified atom stereocenters. The summed E-state index contributed by atoms with van der Waals surface area (Å²) in [6, 6.07) is 2.69. The number of rotatable bonds is 7. The van der Waals surface area contributed by atoms with Gasteiger partial charge in [0.1, 0.15) is 5.82 Å². The molecule has 1 aromatic rings.